The average molecular weight is 390 g/mol. The van der Waals surface area contributed by atoms with Gasteiger partial charge in [0, 0.05) is 26.2 Å². The first-order valence-corrected chi connectivity index (χ1v) is 10.0. The molecule has 7 nitrogen and oxygen atoms in total. The van der Waals surface area contributed by atoms with Crippen molar-refractivity contribution in [3.8, 4) is 5.75 Å². The number of hydrogen-bond donors (Lipinski definition) is 1. The van der Waals surface area contributed by atoms with Gasteiger partial charge in [-0.15, -0.1) is 0 Å². The molecule has 2 aromatic rings. The maximum absolute atomic E-state index is 13.0. The van der Waals surface area contributed by atoms with Crippen molar-refractivity contribution in [1.29, 1.82) is 0 Å². The number of anilines is 1. The molecule has 1 aliphatic rings. The fourth-order valence-electron chi connectivity index (χ4n) is 3.21. The van der Waals surface area contributed by atoms with Gasteiger partial charge in [-0.1, -0.05) is 18.2 Å². The summed E-state index contributed by atoms with van der Waals surface area (Å²) in [7, 11) is -2.15. The first-order valence-electron chi connectivity index (χ1n) is 8.56. The molecule has 0 radical (unpaired) electrons. The standard InChI is InChI=1S/C19H22N2O5S/c1-14-7-8-15(19(22)23)13-18(14)27(24,25)21-11-9-20(10-12-21)16-5-3-4-6-17(16)26-2/h3-8,13H,9-12H2,1-2H3,(H,22,23). The smallest absolute Gasteiger partial charge is 0.335 e. The van der Waals surface area contributed by atoms with Gasteiger partial charge < -0.3 is 14.7 Å². The van der Waals surface area contributed by atoms with Gasteiger partial charge in [-0.25, -0.2) is 13.2 Å². The van der Waals surface area contributed by atoms with Crippen molar-refractivity contribution in [2.75, 3.05) is 38.2 Å². The number of rotatable bonds is 5. The van der Waals surface area contributed by atoms with E-state index < -0.39 is 16.0 Å². The Kier molecular flexibility index (Phi) is 5.38. The number of ether oxygens (including phenoxy) is 1. The molecule has 0 atom stereocenters. The van der Waals surface area contributed by atoms with Crippen LogP contribution in [0.2, 0.25) is 0 Å². The van der Waals surface area contributed by atoms with Crippen molar-refractivity contribution >= 4 is 21.7 Å². The van der Waals surface area contributed by atoms with Gasteiger partial charge in [0.2, 0.25) is 10.0 Å². The second-order valence-corrected chi connectivity index (χ2v) is 8.25. The van der Waals surface area contributed by atoms with Crippen molar-refractivity contribution in [1.82, 2.24) is 4.31 Å². The molecular formula is C19H22N2O5S. The summed E-state index contributed by atoms with van der Waals surface area (Å²) in [5.74, 6) is -0.397. The van der Waals surface area contributed by atoms with Crippen LogP contribution in [0.15, 0.2) is 47.4 Å². The van der Waals surface area contributed by atoms with Crippen LogP contribution in [-0.2, 0) is 10.0 Å². The first-order chi connectivity index (χ1) is 12.8. The van der Waals surface area contributed by atoms with Gasteiger partial charge in [-0.3, -0.25) is 0 Å². The highest BCUT2D eigenvalue weighted by atomic mass is 32.2. The highest BCUT2D eigenvalue weighted by Crippen LogP contribution is 2.30. The predicted molar refractivity (Wildman–Crippen MR) is 102 cm³/mol. The molecule has 1 heterocycles. The Morgan fingerprint density at radius 1 is 1.07 bits per heavy atom. The van der Waals surface area contributed by atoms with Gasteiger partial charge in [0.25, 0.3) is 0 Å². The van der Waals surface area contributed by atoms with E-state index in [4.69, 9.17) is 9.84 Å². The Hall–Kier alpha value is -2.58. The molecule has 1 saturated heterocycles. The summed E-state index contributed by atoms with van der Waals surface area (Å²) in [6.07, 6.45) is 0. The lowest BCUT2D eigenvalue weighted by Crippen LogP contribution is -2.48. The number of carbonyl (C=O) groups is 1. The second-order valence-electron chi connectivity index (χ2n) is 6.35. The van der Waals surface area contributed by atoms with Crippen molar-refractivity contribution in [2.24, 2.45) is 0 Å². The minimum absolute atomic E-state index is 0.0353. The molecule has 1 aliphatic heterocycles. The third kappa shape index (κ3) is 3.77. The molecule has 2 aromatic carbocycles. The summed E-state index contributed by atoms with van der Waals surface area (Å²) in [5.41, 5.74) is 1.43. The fourth-order valence-corrected chi connectivity index (χ4v) is 4.88. The zero-order chi connectivity index (χ0) is 19.6. The maximum Gasteiger partial charge on any atom is 0.335 e. The van der Waals surface area contributed by atoms with Gasteiger partial charge in [0.1, 0.15) is 5.75 Å². The quantitative estimate of drug-likeness (QED) is 0.842. The van der Waals surface area contributed by atoms with Crippen LogP contribution < -0.4 is 9.64 Å². The molecule has 27 heavy (non-hydrogen) atoms. The van der Waals surface area contributed by atoms with Crippen molar-refractivity contribution in [2.45, 2.75) is 11.8 Å². The number of para-hydroxylation sites is 2. The summed E-state index contributed by atoms with van der Waals surface area (Å²) < 4.78 is 32.9. The predicted octanol–water partition coefficient (Wildman–Crippen LogP) is 2.21. The van der Waals surface area contributed by atoms with Crippen LogP contribution in [0.3, 0.4) is 0 Å². The Labute approximate surface area is 158 Å². The summed E-state index contributed by atoms with van der Waals surface area (Å²) in [5, 5.41) is 9.16. The van der Waals surface area contributed by atoms with Crippen LogP contribution in [0.1, 0.15) is 15.9 Å². The van der Waals surface area contributed by atoms with E-state index in [0.29, 0.717) is 31.7 Å². The molecule has 0 unspecified atom stereocenters. The zero-order valence-corrected chi connectivity index (χ0v) is 16.1. The summed E-state index contributed by atoms with van der Waals surface area (Å²) in [6.45, 7) is 3.35. The molecule has 0 spiro atoms. The van der Waals surface area contributed by atoms with E-state index in [1.54, 1.807) is 14.0 Å². The van der Waals surface area contributed by atoms with E-state index in [9.17, 15) is 13.2 Å². The topological polar surface area (TPSA) is 87.2 Å². The second kappa shape index (κ2) is 7.58. The van der Waals surface area contributed by atoms with Crippen molar-refractivity contribution < 1.29 is 23.1 Å². The van der Waals surface area contributed by atoms with E-state index in [0.717, 1.165) is 11.4 Å². The lowest BCUT2D eigenvalue weighted by Gasteiger charge is -2.36. The molecule has 0 aromatic heterocycles. The number of hydrogen-bond acceptors (Lipinski definition) is 5. The number of sulfonamides is 1. The number of carboxylic acid groups (broad SMARTS) is 1. The summed E-state index contributed by atoms with van der Waals surface area (Å²) in [6, 6.07) is 11.8. The lowest BCUT2D eigenvalue weighted by atomic mass is 10.1. The number of methoxy groups -OCH3 is 1. The Morgan fingerprint density at radius 2 is 1.74 bits per heavy atom. The largest absolute Gasteiger partial charge is 0.495 e. The number of nitrogens with zero attached hydrogens (tertiary/aromatic N) is 2. The SMILES string of the molecule is COc1ccccc1N1CCN(S(=O)(=O)c2cc(C(=O)O)ccc2C)CC1. The maximum atomic E-state index is 13.0. The molecule has 1 N–H and O–H groups in total. The molecular weight excluding hydrogens is 368 g/mol. The summed E-state index contributed by atoms with van der Waals surface area (Å²) >= 11 is 0. The van der Waals surface area contributed by atoms with Gasteiger partial charge >= 0.3 is 5.97 Å². The van der Waals surface area contributed by atoms with E-state index >= 15 is 0 Å². The molecule has 0 bridgehead atoms. The van der Waals surface area contributed by atoms with Gasteiger partial charge in [0.15, 0.2) is 0 Å². The van der Waals surface area contributed by atoms with Crippen molar-refractivity contribution in [3.05, 3.63) is 53.6 Å². The number of aryl methyl sites for hydroxylation is 1. The van der Waals surface area contributed by atoms with Crippen LogP contribution >= 0.6 is 0 Å². The molecule has 1 fully saturated rings. The van der Waals surface area contributed by atoms with E-state index in [1.807, 2.05) is 24.3 Å². The minimum atomic E-state index is -3.76. The first kappa shape index (κ1) is 19.2. The van der Waals surface area contributed by atoms with Gasteiger partial charge in [-0.2, -0.15) is 4.31 Å². The third-order valence-corrected chi connectivity index (χ3v) is 6.76. The van der Waals surface area contributed by atoms with Gasteiger partial charge in [-0.05, 0) is 36.8 Å². The number of carboxylic acids is 1. The van der Waals surface area contributed by atoms with E-state index in [2.05, 4.69) is 4.90 Å². The van der Waals surface area contributed by atoms with Gasteiger partial charge in [0.05, 0.1) is 23.3 Å². The lowest BCUT2D eigenvalue weighted by molar-refractivity contribution is 0.0696. The van der Waals surface area contributed by atoms with Crippen LogP contribution in [-0.4, -0.2) is 57.1 Å². The molecule has 144 valence electrons. The van der Waals surface area contributed by atoms with Crippen LogP contribution in [0.5, 0.6) is 5.75 Å². The minimum Gasteiger partial charge on any atom is -0.495 e. The number of aromatic carboxylic acids is 1. The van der Waals surface area contributed by atoms with E-state index in [1.165, 1.54) is 22.5 Å². The highest BCUT2D eigenvalue weighted by Gasteiger charge is 2.30. The Morgan fingerprint density at radius 3 is 2.37 bits per heavy atom. The van der Waals surface area contributed by atoms with Crippen molar-refractivity contribution in [3.63, 3.8) is 0 Å². The zero-order valence-electron chi connectivity index (χ0n) is 15.3. The molecule has 0 saturated carbocycles. The monoisotopic (exact) mass is 390 g/mol. The Bertz CT molecular complexity index is 950. The average Bonchev–Trinajstić information content (AvgIpc) is 2.68. The Balaban J connectivity index is 1.81. The van der Waals surface area contributed by atoms with Crippen LogP contribution in [0.4, 0.5) is 5.69 Å². The highest BCUT2D eigenvalue weighted by molar-refractivity contribution is 7.89. The van der Waals surface area contributed by atoms with Crippen LogP contribution in [0, 0.1) is 6.92 Å². The normalized spacial score (nSPS) is 15.6. The molecule has 0 amide bonds. The summed E-state index contributed by atoms with van der Waals surface area (Å²) in [4.78, 5) is 13.3. The number of piperazine rings is 1. The fraction of sp³-hybridized carbons (Fsp3) is 0.316. The number of benzene rings is 2. The third-order valence-electron chi connectivity index (χ3n) is 4.72. The van der Waals surface area contributed by atoms with E-state index in [-0.39, 0.29) is 10.5 Å². The molecule has 8 heteroatoms. The molecule has 3 rings (SSSR count). The van der Waals surface area contributed by atoms with Crippen LogP contribution in [0.25, 0.3) is 0 Å². The molecule has 0 aliphatic carbocycles.